The largest absolute Gasteiger partial charge is 0.340 e. The minimum absolute atomic E-state index is 0.206. The first-order valence-electron chi connectivity index (χ1n) is 8.25. The molecular weight excluding hydrogens is 373 g/mol. The van der Waals surface area contributed by atoms with Crippen LogP contribution in [0.15, 0.2) is 36.5 Å². The maximum Gasteiger partial charge on any atom is 0.253 e. The van der Waals surface area contributed by atoms with Crippen LogP contribution in [0.4, 0.5) is 5.82 Å². The van der Waals surface area contributed by atoms with Gasteiger partial charge >= 0.3 is 0 Å². The molecule has 2 amide bonds. The fourth-order valence-electron chi connectivity index (χ4n) is 2.43. The quantitative estimate of drug-likeness (QED) is 0.759. The third kappa shape index (κ3) is 5.71. The number of benzene rings is 1. The predicted octanol–water partition coefficient (Wildman–Crippen LogP) is 4.48. The molecule has 0 spiro atoms. The van der Waals surface area contributed by atoms with Crippen LogP contribution < -0.4 is 10.6 Å². The lowest BCUT2D eigenvalue weighted by atomic mass is 10.0. The van der Waals surface area contributed by atoms with Crippen LogP contribution in [0.1, 0.15) is 36.2 Å². The fraction of sp³-hybridized carbons (Fsp3) is 0.316. The van der Waals surface area contributed by atoms with Crippen molar-refractivity contribution >= 4 is 40.8 Å². The zero-order chi connectivity index (χ0) is 19.3. The first-order valence-corrected chi connectivity index (χ1v) is 9.01. The summed E-state index contributed by atoms with van der Waals surface area (Å²) in [6.07, 6.45) is 2.10. The number of amides is 2. The standard InChI is InChI=1S/C19H21Cl2N3O2/c1-11(2)8-16(19(26)24-17-9-12(3)6-7-22-17)23-18(25)14-5-4-13(20)10-15(14)21/h4-7,9-11,16H,8H2,1-3H3,(H,23,25)(H,22,24,26). The maximum atomic E-state index is 12.6. The molecule has 1 aromatic carbocycles. The molecule has 138 valence electrons. The first-order chi connectivity index (χ1) is 12.3. The molecule has 2 rings (SSSR count). The van der Waals surface area contributed by atoms with Gasteiger partial charge in [-0.3, -0.25) is 9.59 Å². The smallest absolute Gasteiger partial charge is 0.253 e. The minimum Gasteiger partial charge on any atom is -0.340 e. The summed E-state index contributed by atoms with van der Waals surface area (Å²) < 4.78 is 0. The number of anilines is 1. The minimum atomic E-state index is -0.712. The van der Waals surface area contributed by atoms with Crippen LogP contribution in [0.3, 0.4) is 0 Å². The molecule has 0 aliphatic heterocycles. The molecule has 0 aliphatic carbocycles. The lowest BCUT2D eigenvalue weighted by Crippen LogP contribution is -2.44. The number of hydrogen-bond donors (Lipinski definition) is 2. The normalized spacial score (nSPS) is 11.9. The number of pyridine rings is 1. The number of rotatable bonds is 6. The van der Waals surface area contributed by atoms with Crippen LogP contribution in [0.5, 0.6) is 0 Å². The van der Waals surface area contributed by atoms with Crippen molar-refractivity contribution in [3.8, 4) is 0 Å². The monoisotopic (exact) mass is 393 g/mol. The number of aryl methyl sites for hydroxylation is 1. The van der Waals surface area contributed by atoms with E-state index in [2.05, 4.69) is 15.6 Å². The van der Waals surface area contributed by atoms with E-state index in [1.54, 1.807) is 18.3 Å². The van der Waals surface area contributed by atoms with Gasteiger partial charge in [0.1, 0.15) is 11.9 Å². The van der Waals surface area contributed by atoms with E-state index >= 15 is 0 Å². The molecule has 0 bridgehead atoms. The second-order valence-corrected chi connectivity index (χ2v) is 7.33. The second-order valence-electron chi connectivity index (χ2n) is 6.49. The van der Waals surface area contributed by atoms with Gasteiger partial charge in [-0.1, -0.05) is 37.0 Å². The summed E-state index contributed by atoms with van der Waals surface area (Å²) in [6, 6.07) is 7.50. The summed E-state index contributed by atoms with van der Waals surface area (Å²) in [6.45, 7) is 5.87. The van der Waals surface area contributed by atoms with Crippen molar-refractivity contribution in [2.45, 2.75) is 33.2 Å². The lowest BCUT2D eigenvalue weighted by Gasteiger charge is -2.20. The molecule has 7 heteroatoms. The highest BCUT2D eigenvalue weighted by molar-refractivity contribution is 6.36. The molecule has 5 nitrogen and oxygen atoms in total. The molecule has 0 saturated carbocycles. The van der Waals surface area contributed by atoms with Gasteiger partial charge in [0, 0.05) is 11.2 Å². The van der Waals surface area contributed by atoms with Crippen LogP contribution in [-0.4, -0.2) is 22.8 Å². The van der Waals surface area contributed by atoms with Crippen LogP contribution >= 0.6 is 23.2 Å². The average molecular weight is 394 g/mol. The van der Waals surface area contributed by atoms with Gasteiger partial charge in [0.25, 0.3) is 5.91 Å². The van der Waals surface area contributed by atoms with E-state index in [9.17, 15) is 9.59 Å². The Morgan fingerprint density at radius 1 is 1.15 bits per heavy atom. The van der Waals surface area contributed by atoms with E-state index in [1.807, 2.05) is 26.8 Å². The highest BCUT2D eigenvalue weighted by atomic mass is 35.5. The Morgan fingerprint density at radius 3 is 2.50 bits per heavy atom. The Morgan fingerprint density at radius 2 is 1.88 bits per heavy atom. The molecule has 0 fully saturated rings. The Kier molecular flexibility index (Phi) is 7.00. The van der Waals surface area contributed by atoms with E-state index in [4.69, 9.17) is 23.2 Å². The Bertz CT molecular complexity index is 809. The van der Waals surface area contributed by atoms with Crippen molar-refractivity contribution in [1.29, 1.82) is 0 Å². The topological polar surface area (TPSA) is 71.1 Å². The van der Waals surface area contributed by atoms with Crippen LogP contribution in [0.2, 0.25) is 10.0 Å². The van der Waals surface area contributed by atoms with Gasteiger partial charge in [0.15, 0.2) is 0 Å². The number of carbonyl (C=O) groups is 2. The number of nitrogens with zero attached hydrogens (tertiary/aromatic N) is 1. The van der Waals surface area contributed by atoms with Gasteiger partial charge in [0.05, 0.1) is 10.6 Å². The highest BCUT2D eigenvalue weighted by Crippen LogP contribution is 2.21. The summed E-state index contributed by atoms with van der Waals surface area (Å²) in [4.78, 5) is 29.3. The number of nitrogens with one attached hydrogen (secondary N) is 2. The molecule has 1 atom stereocenters. The van der Waals surface area contributed by atoms with Crippen molar-refractivity contribution in [2.24, 2.45) is 5.92 Å². The second kappa shape index (κ2) is 9.01. The number of halogens is 2. The molecule has 0 radical (unpaired) electrons. The number of aromatic nitrogens is 1. The molecule has 2 N–H and O–H groups in total. The molecule has 1 unspecified atom stereocenters. The van der Waals surface area contributed by atoms with Gasteiger partial charge < -0.3 is 10.6 Å². The van der Waals surface area contributed by atoms with Gasteiger partial charge in [-0.15, -0.1) is 0 Å². The summed E-state index contributed by atoms with van der Waals surface area (Å²) in [5.41, 5.74) is 1.25. The third-order valence-electron chi connectivity index (χ3n) is 3.67. The predicted molar refractivity (Wildman–Crippen MR) is 105 cm³/mol. The van der Waals surface area contributed by atoms with Crippen molar-refractivity contribution < 1.29 is 9.59 Å². The number of hydrogen-bond acceptors (Lipinski definition) is 3. The first kappa shape index (κ1) is 20.2. The molecule has 1 heterocycles. The van der Waals surface area contributed by atoms with E-state index in [0.717, 1.165) is 5.56 Å². The molecule has 2 aromatic rings. The zero-order valence-corrected chi connectivity index (χ0v) is 16.4. The Hall–Kier alpha value is -2.11. The van der Waals surface area contributed by atoms with Crippen molar-refractivity contribution in [3.05, 3.63) is 57.7 Å². The summed E-state index contributed by atoms with van der Waals surface area (Å²) in [5.74, 6) is -0.0976. The van der Waals surface area contributed by atoms with E-state index in [0.29, 0.717) is 17.3 Å². The van der Waals surface area contributed by atoms with E-state index in [1.165, 1.54) is 12.1 Å². The maximum absolute atomic E-state index is 12.6. The summed E-state index contributed by atoms with van der Waals surface area (Å²) in [5, 5.41) is 6.18. The number of carbonyl (C=O) groups excluding carboxylic acids is 2. The Balaban J connectivity index is 2.15. The van der Waals surface area contributed by atoms with Crippen molar-refractivity contribution in [3.63, 3.8) is 0 Å². The molecule has 1 aromatic heterocycles. The third-order valence-corrected chi connectivity index (χ3v) is 4.22. The Labute approximate surface area is 163 Å². The molecule has 0 aliphatic rings. The average Bonchev–Trinajstić information content (AvgIpc) is 2.53. The zero-order valence-electron chi connectivity index (χ0n) is 14.8. The molecular formula is C19H21Cl2N3O2. The van der Waals surface area contributed by atoms with Gasteiger partial charge in [0.2, 0.25) is 5.91 Å². The molecule has 26 heavy (non-hydrogen) atoms. The SMILES string of the molecule is Cc1ccnc(NC(=O)C(CC(C)C)NC(=O)c2ccc(Cl)cc2Cl)c1. The summed E-state index contributed by atoms with van der Waals surface area (Å²) >= 11 is 11.9. The van der Waals surface area contributed by atoms with Crippen LogP contribution in [0, 0.1) is 12.8 Å². The van der Waals surface area contributed by atoms with Gasteiger partial charge in [-0.25, -0.2) is 4.98 Å². The van der Waals surface area contributed by atoms with Gasteiger partial charge in [-0.2, -0.15) is 0 Å². The van der Waals surface area contributed by atoms with Crippen LogP contribution in [0.25, 0.3) is 0 Å². The molecule has 0 saturated heterocycles. The van der Waals surface area contributed by atoms with Crippen molar-refractivity contribution in [2.75, 3.05) is 5.32 Å². The van der Waals surface area contributed by atoms with E-state index in [-0.39, 0.29) is 22.4 Å². The fourth-order valence-corrected chi connectivity index (χ4v) is 2.92. The van der Waals surface area contributed by atoms with Crippen LogP contribution in [-0.2, 0) is 4.79 Å². The van der Waals surface area contributed by atoms with Gasteiger partial charge in [-0.05, 0) is 55.2 Å². The highest BCUT2D eigenvalue weighted by Gasteiger charge is 2.24. The van der Waals surface area contributed by atoms with Crippen molar-refractivity contribution in [1.82, 2.24) is 10.3 Å². The summed E-state index contributed by atoms with van der Waals surface area (Å²) in [7, 11) is 0. The lowest BCUT2D eigenvalue weighted by molar-refractivity contribution is -0.118. The van der Waals surface area contributed by atoms with E-state index < -0.39 is 11.9 Å².